The van der Waals surface area contributed by atoms with E-state index in [2.05, 4.69) is 34.0 Å². The van der Waals surface area contributed by atoms with Crippen molar-refractivity contribution in [2.24, 2.45) is 0 Å². The molecule has 1 aromatic carbocycles. The van der Waals surface area contributed by atoms with Gasteiger partial charge in [0.2, 0.25) is 5.16 Å². The number of nitrogens with zero attached hydrogens (tertiary/aromatic N) is 3. The van der Waals surface area contributed by atoms with Gasteiger partial charge in [-0.25, -0.2) is 4.98 Å². The molecule has 2 heterocycles. The minimum atomic E-state index is 0. The summed E-state index contributed by atoms with van der Waals surface area (Å²) in [4.78, 5) is 9.57. The third kappa shape index (κ3) is 4.74. The molecular weight excluding hydrogens is 356 g/mol. The number of hydrogen-bond donors (Lipinski definition) is 3. The fourth-order valence-electron chi connectivity index (χ4n) is 3.00. The minimum Gasteiger partial charge on any atom is -1.00 e. The Morgan fingerprint density at radius 3 is 2.60 bits per heavy atom. The average molecular weight is 381 g/mol. The molecule has 3 rings (SSSR count). The Bertz CT molecular complexity index is 815. The Hall–Kier alpha value is -1.57. The molecule has 0 aliphatic rings. The highest BCUT2D eigenvalue weighted by atomic mass is 35.5. The normalized spacial score (nSPS) is 11.3. The van der Waals surface area contributed by atoms with E-state index in [1.54, 1.807) is 16.7 Å². The van der Waals surface area contributed by atoms with Crippen molar-refractivity contribution in [2.75, 3.05) is 31.1 Å². The molecule has 136 valence electrons. The van der Waals surface area contributed by atoms with Crippen LogP contribution in [-0.4, -0.2) is 45.6 Å². The van der Waals surface area contributed by atoms with E-state index in [9.17, 15) is 0 Å². The highest BCUT2D eigenvalue weighted by Gasteiger charge is 2.11. The molecule has 0 fully saturated rings. The highest BCUT2D eigenvalue weighted by molar-refractivity contribution is 7.99. The molecule has 0 atom stereocenters. The number of aromatic amines is 1. The molecule has 0 aliphatic heterocycles. The van der Waals surface area contributed by atoms with Crippen molar-refractivity contribution >= 4 is 39.5 Å². The van der Waals surface area contributed by atoms with Crippen molar-refractivity contribution < 1.29 is 17.3 Å². The van der Waals surface area contributed by atoms with Crippen LogP contribution in [-0.2, 0) is 0 Å². The van der Waals surface area contributed by atoms with Gasteiger partial charge in [-0.1, -0.05) is 25.6 Å². The van der Waals surface area contributed by atoms with Gasteiger partial charge in [0.1, 0.15) is 5.52 Å². The largest absolute Gasteiger partial charge is 1.00 e. The number of anilines is 1. The number of halogens is 1. The van der Waals surface area contributed by atoms with Crippen molar-refractivity contribution in [1.29, 1.82) is 0 Å². The zero-order valence-electron chi connectivity index (χ0n) is 14.7. The molecule has 6 nitrogen and oxygen atoms in total. The van der Waals surface area contributed by atoms with E-state index >= 15 is 0 Å². The highest BCUT2D eigenvalue weighted by Crippen LogP contribution is 2.25. The molecule has 25 heavy (non-hydrogen) atoms. The van der Waals surface area contributed by atoms with Crippen molar-refractivity contribution in [3.05, 3.63) is 18.2 Å². The monoisotopic (exact) mass is 380 g/mol. The first kappa shape index (κ1) is 19.8. The van der Waals surface area contributed by atoms with Gasteiger partial charge in [-0.3, -0.25) is 0 Å². The molecule has 0 unspecified atom stereocenters. The molecule has 2 aromatic heterocycles. The fourth-order valence-corrected chi connectivity index (χ4v) is 3.83. The maximum Gasteiger partial charge on any atom is 0.211 e. The van der Waals surface area contributed by atoms with Gasteiger partial charge in [0, 0.05) is 16.6 Å². The van der Waals surface area contributed by atoms with E-state index in [1.807, 2.05) is 18.2 Å². The summed E-state index contributed by atoms with van der Waals surface area (Å²) in [5.74, 6) is 1.01. The lowest BCUT2D eigenvalue weighted by atomic mass is 10.2. The van der Waals surface area contributed by atoms with Crippen LogP contribution in [0.25, 0.3) is 22.1 Å². The van der Waals surface area contributed by atoms with Gasteiger partial charge in [-0.15, -0.1) is 10.2 Å². The predicted octanol–water partition coefficient (Wildman–Crippen LogP) is -1.11. The van der Waals surface area contributed by atoms with Crippen molar-refractivity contribution in [1.82, 2.24) is 20.2 Å². The maximum atomic E-state index is 5.86. The number of quaternary nitrogens is 1. The molecule has 0 radical (unpaired) electrons. The molecule has 4 N–H and O–H groups in total. The summed E-state index contributed by atoms with van der Waals surface area (Å²) in [5.41, 5.74) is 9.13. The van der Waals surface area contributed by atoms with Crippen LogP contribution in [0.5, 0.6) is 0 Å². The maximum absolute atomic E-state index is 5.86. The summed E-state index contributed by atoms with van der Waals surface area (Å²) >= 11 is 1.68. The molecule has 0 bridgehead atoms. The molecule has 8 heteroatoms. The molecule has 3 aromatic rings. The van der Waals surface area contributed by atoms with Crippen LogP contribution in [0.2, 0.25) is 0 Å². The van der Waals surface area contributed by atoms with Crippen LogP contribution in [0.4, 0.5) is 5.69 Å². The zero-order valence-corrected chi connectivity index (χ0v) is 16.3. The van der Waals surface area contributed by atoms with Crippen molar-refractivity contribution in [3.8, 4) is 0 Å². The smallest absolute Gasteiger partial charge is 0.211 e. The number of nitrogens with two attached hydrogens (primary N) is 1. The number of hydrogen-bond acceptors (Lipinski definition) is 5. The van der Waals surface area contributed by atoms with E-state index in [1.165, 1.54) is 25.9 Å². The standard InChI is InChI=1S/C17H24N6S.ClH/c1-3-7-23(8-4-2)9-10-24-17-20-16-15(21-22-17)13-11-12(18)5-6-14(13)19-16;/h5-6,11H,3-4,7-10,18H2,1-2H3,(H,19,20,22);1H. The van der Waals surface area contributed by atoms with E-state index in [0.717, 1.165) is 45.2 Å². The fraction of sp³-hybridized carbons (Fsp3) is 0.471. The zero-order chi connectivity index (χ0) is 16.9. The second-order valence-electron chi connectivity index (χ2n) is 6.07. The van der Waals surface area contributed by atoms with Gasteiger partial charge >= 0.3 is 0 Å². The number of benzene rings is 1. The minimum absolute atomic E-state index is 0. The topological polar surface area (TPSA) is 84.9 Å². The van der Waals surface area contributed by atoms with Gasteiger partial charge in [-0.05, 0) is 31.0 Å². The molecule has 0 saturated heterocycles. The molecule has 0 saturated carbocycles. The van der Waals surface area contributed by atoms with Gasteiger partial charge in [-0.2, -0.15) is 0 Å². The number of H-pyrrole nitrogens is 1. The first-order valence-electron chi connectivity index (χ1n) is 8.59. The van der Waals surface area contributed by atoms with Crippen molar-refractivity contribution in [2.45, 2.75) is 31.8 Å². The van der Waals surface area contributed by atoms with Gasteiger partial charge in [0.15, 0.2) is 5.65 Å². The Morgan fingerprint density at radius 2 is 1.88 bits per heavy atom. The molecule has 0 amide bonds. The summed E-state index contributed by atoms with van der Waals surface area (Å²) < 4.78 is 0. The lowest BCUT2D eigenvalue weighted by molar-refractivity contribution is -0.897. The van der Waals surface area contributed by atoms with E-state index in [-0.39, 0.29) is 12.4 Å². The summed E-state index contributed by atoms with van der Waals surface area (Å²) in [7, 11) is 0. The number of nitrogens with one attached hydrogen (secondary N) is 2. The second kappa shape index (κ2) is 9.22. The Morgan fingerprint density at radius 1 is 1.12 bits per heavy atom. The van der Waals surface area contributed by atoms with E-state index < -0.39 is 0 Å². The third-order valence-corrected chi connectivity index (χ3v) is 4.95. The number of aromatic nitrogens is 4. The number of thioether (sulfide) groups is 1. The van der Waals surface area contributed by atoms with Crippen LogP contribution in [0.15, 0.2) is 23.4 Å². The third-order valence-electron chi connectivity index (χ3n) is 4.11. The number of fused-ring (bicyclic) bond motifs is 3. The van der Waals surface area contributed by atoms with Gasteiger partial charge < -0.3 is 28.0 Å². The molecule has 0 aliphatic carbocycles. The SMILES string of the molecule is CCC[NH+](CCC)CCSc1nnc2c(n1)[nH]c1ccc(N)cc12.[Cl-]. The second-order valence-corrected chi connectivity index (χ2v) is 7.13. The summed E-state index contributed by atoms with van der Waals surface area (Å²) in [6, 6.07) is 5.74. The van der Waals surface area contributed by atoms with E-state index in [0.29, 0.717) is 0 Å². The number of rotatable bonds is 8. The summed E-state index contributed by atoms with van der Waals surface area (Å²) in [6.45, 7) is 8.09. The van der Waals surface area contributed by atoms with Crippen molar-refractivity contribution in [3.63, 3.8) is 0 Å². The summed E-state index contributed by atoms with van der Waals surface area (Å²) in [5, 5.41) is 10.3. The first-order valence-corrected chi connectivity index (χ1v) is 9.57. The lowest BCUT2D eigenvalue weighted by Gasteiger charge is -2.17. The average Bonchev–Trinajstić information content (AvgIpc) is 2.92. The summed E-state index contributed by atoms with van der Waals surface area (Å²) in [6.07, 6.45) is 2.45. The molecule has 0 spiro atoms. The van der Waals surface area contributed by atoms with Crippen LogP contribution < -0.4 is 23.0 Å². The number of nitrogen functional groups attached to an aromatic ring is 1. The van der Waals surface area contributed by atoms with Crippen LogP contribution in [0, 0.1) is 0 Å². The van der Waals surface area contributed by atoms with Gasteiger partial charge in [0.05, 0.1) is 25.4 Å². The van der Waals surface area contributed by atoms with Crippen LogP contribution in [0.1, 0.15) is 26.7 Å². The Labute approximate surface area is 158 Å². The van der Waals surface area contributed by atoms with E-state index in [4.69, 9.17) is 5.73 Å². The first-order chi connectivity index (χ1) is 11.7. The molecular formula is C17H25ClN6S. The van der Waals surface area contributed by atoms with Crippen LogP contribution >= 0.6 is 11.8 Å². The quantitative estimate of drug-likeness (QED) is 0.341. The van der Waals surface area contributed by atoms with Gasteiger partial charge in [0.25, 0.3) is 0 Å². The predicted molar refractivity (Wildman–Crippen MR) is 100 cm³/mol. The Balaban J connectivity index is 0.00000225. The Kier molecular flexibility index (Phi) is 7.28. The van der Waals surface area contributed by atoms with Crippen LogP contribution in [0.3, 0.4) is 0 Å². The lowest BCUT2D eigenvalue weighted by Crippen LogP contribution is -3.12.